The Hall–Kier alpha value is -0.890. The summed E-state index contributed by atoms with van der Waals surface area (Å²) in [5.41, 5.74) is 8.14. The third-order valence-electron chi connectivity index (χ3n) is 7.37. The molecule has 0 amide bonds. The molecule has 0 heterocycles. The summed E-state index contributed by atoms with van der Waals surface area (Å²) in [5, 5.41) is 0.601. The lowest BCUT2D eigenvalue weighted by molar-refractivity contribution is 0.288. The van der Waals surface area contributed by atoms with Crippen molar-refractivity contribution in [2.75, 3.05) is 12.3 Å². The molecule has 0 aliphatic heterocycles. The predicted molar refractivity (Wildman–Crippen MR) is 149 cm³/mol. The van der Waals surface area contributed by atoms with Gasteiger partial charge in [-0.2, -0.15) is 0 Å². The zero-order valence-corrected chi connectivity index (χ0v) is 23.2. The standard InChI is InChI=1S/C30H54ClNO/c1-5-8-10-11-12-13-14-15-16-17-18-19-20-21-23-33-29-25-27(31)28(32)24-26(29)30(4,7-3)22-9-6-2/h24-25H,5-23,32H2,1-4H3. The summed E-state index contributed by atoms with van der Waals surface area (Å²) in [5.74, 6) is 0.935. The number of unbranched alkanes of at least 4 members (excludes halogenated alkanes) is 14. The van der Waals surface area contributed by atoms with Crippen molar-refractivity contribution < 1.29 is 4.74 Å². The van der Waals surface area contributed by atoms with Gasteiger partial charge in [-0.05, 0) is 30.7 Å². The van der Waals surface area contributed by atoms with Crippen molar-refractivity contribution in [2.24, 2.45) is 0 Å². The lowest BCUT2D eigenvalue weighted by Crippen LogP contribution is -2.22. The molecule has 1 unspecified atom stereocenters. The summed E-state index contributed by atoms with van der Waals surface area (Å²) in [6.45, 7) is 9.90. The van der Waals surface area contributed by atoms with E-state index >= 15 is 0 Å². The predicted octanol–water partition coefficient (Wildman–Crippen LogP) is 10.6. The third kappa shape index (κ3) is 12.4. The Balaban J connectivity index is 2.26. The van der Waals surface area contributed by atoms with Crippen LogP contribution in [0.1, 0.15) is 149 Å². The van der Waals surface area contributed by atoms with Crippen LogP contribution in [0.4, 0.5) is 5.69 Å². The van der Waals surface area contributed by atoms with Gasteiger partial charge in [-0.1, -0.05) is 136 Å². The van der Waals surface area contributed by atoms with Gasteiger partial charge < -0.3 is 10.5 Å². The highest BCUT2D eigenvalue weighted by Gasteiger charge is 2.28. The maximum absolute atomic E-state index is 6.35. The van der Waals surface area contributed by atoms with Crippen molar-refractivity contribution in [3.05, 3.63) is 22.7 Å². The van der Waals surface area contributed by atoms with Crippen LogP contribution in [0.3, 0.4) is 0 Å². The number of halogens is 1. The number of benzene rings is 1. The van der Waals surface area contributed by atoms with Gasteiger partial charge >= 0.3 is 0 Å². The maximum Gasteiger partial charge on any atom is 0.124 e. The molecule has 3 heteroatoms. The van der Waals surface area contributed by atoms with Crippen molar-refractivity contribution in [3.63, 3.8) is 0 Å². The number of hydrogen-bond acceptors (Lipinski definition) is 2. The average Bonchev–Trinajstić information content (AvgIpc) is 2.82. The van der Waals surface area contributed by atoms with Crippen LogP contribution < -0.4 is 10.5 Å². The number of nitrogens with two attached hydrogens (primary N) is 1. The molecular formula is C30H54ClNO. The average molecular weight is 480 g/mol. The molecule has 33 heavy (non-hydrogen) atoms. The molecule has 1 aromatic rings. The number of rotatable bonds is 21. The third-order valence-corrected chi connectivity index (χ3v) is 7.69. The molecule has 192 valence electrons. The van der Waals surface area contributed by atoms with Gasteiger partial charge in [0.1, 0.15) is 5.75 Å². The smallest absolute Gasteiger partial charge is 0.124 e. The van der Waals surface area contributed by atoms with Crippen LogP contribution in [0.15, 0.2) is 12.1 Å². The van der Waals surface area contributed by atoms with E-state index in [9.17, 15) is 0 Å². The van der Waals surface area contributed by atoms with E-state index in [0.29, 0.717) is 10.7 Å². The molecule has 1 atom stereocenters. The van der Waals surface area contributed by atoms with E-state index in [1.54, 1.807) is 0 Å². The van der Waals surface area contributed by atoms with E-state index in [1.165, 1.54) is 102 Å². The van der Waals surface area contributed by atoms with Gasteiger partial charge in [0.25, 0.3) is 0 Å². The fourth-order valence-electron chi connectivity index (χ4n) is 4.71. The topological polar surface area (TPSA) is 35.2 Å². The van der Waals surface area contributed by atoms with Gasteiger partial charge in [0.2, 0.25) is 0 Å². The molecule has 0 aliphatic carbocycles. The summed E-state index contributed by atoms with van der Waals surface area (Å²) in [7, 11) is 0. The van der Waals surface area contributed by atoms with Crippen molar-refractivity contribution >= 4 is 17.3 Å². The van der Waals surface area contributed by atoms with Crippen LogP contribution in [-0.4, -0.2) is 6.61 Å². The summed E-state index contributed by atoms with van der Waals surface area (Å²) in [6, 6.07) is 4.00. The first-order chi connectivity index (χ1) is 16.0. The second-order valence-corrected chi connectivity index (χ2v) is 10.7. The molecule has 0 bridgehead atoms. The quantitative estimate of drug-likeness (QED) is 0.140. The summed E-state index contributed by atoms with van der Waals surface area (Å²) in [4.78, 5) is 0. The normalized spacial score (nSPS) is 13.2. The molecule has 0 saturated heterocycles. The van der Waals surface area contributed by atoms with Crippen LogP contribution in [0.25, 0.3) is 0 Å². The van der Waals surface area contributed by atoms with Crippen molar-refractivity contribution in [2.45, 2.75) is 149 Å². The summed E-state index contributed by atoms with van der Waals surface area (Å²) in [6.07, 6.45) is 23.8. The SMILES string of the molecule is CCCCCCCCCCCCCCCCOc1cc(Cl)c(N)cc1C(C)(CC)CCCC. The van der Waals surface area contributed by atoms with E-state index < -0.39 is 0 Å². The molecule has 1 rings (SSSR count). The molecule has 0 spiro atoms. The molecule has 0 radical (unpaired) electrons. The highest BCUT2D eigenvalue weighted by atomic mass is 35.5. The fourth-order valence-corrected chi connectivity index (χ4v) is 4.86. The van der Waals surface area contributed by atoms with Crippen molar-refractivity contribution in [3.8, 4) is 5.75 Å². The van der Waals surface area contributed by atoms with Crippen molar-refractivity contribution in [1.82, 2.24) is 0 Å². The monoisotopic (exact) mass is 479 g/mol. The Kier molecular flexibility index (Phi) is 16.8. The molecule has 0 aliphatic rings. The van der Waals surface area contributed by atoms with Crippen LogP contribution >= 0.6 is 11.6 Å². The molecule has 0 saturated carbocycles. The second kappa shape index (κ2) is 18.4. The van der Waals surface area contributed by atoms with Crippen LogP contribution in [0.2, 0.25) is 5.02 Å². The molecule has 2 nitrogen and oxygen atoms in total. The maximum atomic E-state index is 6.35. The van der Waals surface area contributed by atoms with Gasteiger partial charge in [0.15, 0.2) is 0 Å². The molecular weight excluding hydrogens is 426 g/mol. The Morgan fingerprint density at radius 1 is 0.727 bits per heavy atom. The summed E-state index contributed by atoms with van der Waals surface area (Å²) < 4.78 is 6.27. The summed E-state index contributed by atoms with van der Waals surface area (Å²) >= 11 is 6.35. The van der Waals surface area contributed by atoms with E-state index in [-0.39, 0.29) is 5.41 Å². The van der Waals surface area contributed by atoms with E-state index in [4.69, 9.17) is 22.1 Å². The number of hydrogen-bond donors (Lipinski definition) is 1. The number of ether oxygens (including phenoxy) is 1. The molecule has 1 aromatic carbocycles. The van der Waals surface area contributed by atoms with Gasteiger partial charge in [-0.25, -0.2) is 0 Å². The minimum absolute atomic E-state index is 0.0829. The van der Waals surface area contributed by atoms with Crippen molar-refractivity contribution in [1.29, 1.82) is 0 Å². The molecule has 0 aromatic heterocycles. The molecule has 2 N–H and O–H groups in total. The molecule has 0 fully saturated rings. The van der Waals surface area contributed by atoms with Gasteiger partial charge in [-0.15, -0.1) is 0 Å². The lowest BCUT2D eigenvalue weighted by atomic mass is 9.75. The van der Waals surface area contributed by atoms with Crippen LogP contribution in [0.5, 0.6) is 5.75 Å². The number of nitrogen functional groups attached to an aromatic ring is 1. The zero-order valence-electron chi connectivity index (χ0n) is 22.5. The first kappa shape index (κ1) is 30.1. The Labute approximate surface area is 211 Å². The largest absolute Gasteiger partial charge is 0.493 e. The Bertz CT molecular complexity index is 618. The number of anilines is 1. The zero-order chi connectivity index (χ0) is 24.4. The van der Waals surface area contributed by atoms with E-state index in [1.807, 2.05) is 6.07 Å². The van der Waals surface area contributed by atoms with Gasteiger partial charge in [-0.3, -0.25) is 0 Å². The van der Waals surface area contributed by atoms with Gasteiger partial charge in [0.05, 0.1) is 17.3 Å². The fraction of sp³-hybridized carbons (Fsp3) is 0.800. The van der Waals surface area contributed by atoms with Gasteiger partial charge in [0, 0.05) is 11.6 Å². The first-order valence-electron chi connectivity index (χ1n) is 14.2. The highest BCUT2D eigenvalue weighted by Crippen LogP contribution is 2.42. The second-order valence-electron chi connectivity index (χ2n) is 10.3. The van der Waals surface area contributed by atoms with E-state index in [2.05, 4.69) is 33.8 Å². The highest BCUT2D eigenvalue weighted by molar-refractivity contribution is 6.33. The lowest BCUT2D eigenvalue weighted by Gasteiger charge is -2.31. The Morgan fingerprint density at radius 2 is 1.21 bits per heavy atom. The Morgan fingerprint density at radius 3 is 1.70 bits per heavy atom. The minimum atomic E-state index is 0.0829. The minimum Gasteiger partial charge on any atom is -0.493 e. The van der Waals surface area contributed by atoms with Crippen LogP contribution in [-0.2, 0) is 5.41 Å². The van der Waals surface area contributed by atoms with Crippen LogP contribution in [0, 0.1) is 0 Å². The van der Waals surface area contributed by atoms with E-state index in [0.717, 1.165) is 31.6 Å². The first-order valence-corrected chi connectivity index (χ1v) is 14.6.